The van der Waals surface area contributed by atoms with Crippen LogP contribution in [0.25, 0.3) is 0 Å². The van der Waals surface area contributed by atoms with Crippen LogP contribution in [-0.4, -0.2) is 91.6 Å². The summed E-state index contributed by atoms with van der Waals surface area (Å²) < 4.78 is 24.8. The van der Waals surface area contributed by atoms with E-state index in [0.29, 0.717) is 6.54 Å². The molecule has 3 aliphatic rings. The second-order valence-corrected chi connectivity index (χ2v) is 9.31. The number of carboxylic acids is 1. The molecule has 9 heteroatoms. The van der Waals surface area contributed by atoms with Crippen molar-refractivity contribution < 1.29 is 23.1 Å². The molecule has 0 bridgehead atoms. The number of carbonyl (C=O) groups excluding carboxylic acids is 1. The number of carbonyl (C=O) groups is 2. The lowest BCUT2D eigenvalue weighted by atomic mass is 9.81. The summed E-state index contributed by atoms with van der Waals surface area (Å²) >= 11 is 0. The molecule has 0 aromatic heterocycles. The van der Waals surface area contributed by atoms with E-state index in [1.54, 1.807) is 0 Å². The predicted molar refractivity (Wildman–Crippen MR) is 86.8 cm³/mol. The summed E-state index contributed by atoms with van der Waals surface area (Å²) in [5.41, 5.74) is -1.09. The topological polar surface area (TPSA) is 98.2 Å². The summed E-state index contributed by atoms with van der Waals surface area (Å²) in [5, 5.41) is 9.71. The number of hydrogen-bond donors (Lipinski definition) is 1. The van der Waals surface area contributed by atoms with Gasteiger partial charge in [0.2, 0.25) is 15.9 Å². The van der Waals surface area contributed by atoms with Crippen LogP contribution in [0.15, 0.2) is 0 Å². The monoisotopic (exact) mass is 359 g/mol. The Morgan fingerprint density at radius 2 is 1.79 bits per heavy atom. The molecular formula is C15H25N3O5S. The Morgan fingerprint density at radius 3 is 2.33 bits per heavy atom. The fourth-order valence-corrected chi connectivity index (χ4v) is 5.15. The van der Waals surface area contributed by atoms with Gasteiger partial charge in [-0.3, -0.25) is 14.5 Å². The van der Waals surface area contributed by atoms with Crippen molar-refractivity contribution in [3.8, 4) is 0 Å². The predicted octanol–water partition coefficient (Wildman–Crippen LogP) is -0.723. The number of piperidine rings is 1. The van der Waals surface area contributed by atoms with E-state index >= 15 is 0 Å². The van der Waals surface area contributed by atoms with E-state index in [1.165, 1.54) is 4.31 Å². The SMILES string of the molecule is CS(=O)(=O)N1C[C@@H]2CN(CC(=O)N3CCCCC3)C[C@]2(C(=O)O)C1. The third-order valence-corrected chi connectivity index (χ3v) is 6.83. The summed E-state index contributed by atoms with van der Waals surface area (Å²) in [6, 6.07) is 0. The first-order chi connectivity index (χ1) is 11.2. The van der Waals surface area contributed by atoms with E-state index in [2.05, 4.69) is 0 Å². The van der Waals surface area contributed by atoms with Crippen LogP contribution in [0.3, 0.4) is 0 Å². The molecule has 3 aliphatic heterocycles. The lowest BCUT2D eigenvalue weighted by Gasteiger charge is -2.29. The van der Waals surface area contributed by atoms with Gasteiger partial charge in [0.25, 0.3) is 0 Å². The summed E-state index contributed by atoms with van der Waals surface area (Å²) in [7, 11) is -3.40. The van der Waals surface area contributed by atoms with Crippen molar-refractivity contribution in [2.24, 2.45) is 11.3 Å². The number of likely N-dealkylation sites (tertiary alicyclic amines) is 2. The minimum Gasteiger partial charge on any atom is -0.481 e. The van der Waals surface area contributed by atoms with E-state index in [1.807, 2.05) is 9.80 Å². The zero-order valence-electron chi connectivity index (χ0n) is 14.0. The minimum absolute atomic E-state index is 0.000236. The molecule has 24 heavy (non-hydrogen) atoms. The molecule has 1 amide bonds. The van der Waals surface area contributed by atoms with Gasteiger partial charge in [-0.1, -0.05) is 0 Å². The molecule has 0 aromatic rings. The standard InChI is InChI=1S/C15H25N3O5S/c1-24(22,23)18-8-12-7-16(10-15(12,11-18)14(20)21)9-13(19)17-5-3-2-4-6-17/h12H,2-11H2,1H3,(H,20,21)/t12-,15-/m0/s1. The molecule has 0 radical (unpaired) electrons. The molecule has 0 saturated carbocycles. The largest absolute Gasteiger partial charge is 0.481 e. The van der Waals surface area contributed by atoms with Gasteiger partial charge in [-0.15, -0.1) is 0 Å². The number of amides is 1. The highest BCUT2D eigenvalue weighted by Crippen LogP contribution is 2.43. The Labute approximate surface area is 142 Å². The Morgan fingerprint density at radius 1 is 1.12 bits per heavy atom. The van der Waals surface area contributed by atoms with Gasteiger partial charge in [0.1, 0.15) is 0 Å². The van der Waals surface area contributed by atoms with E-state index in [4.69, 9.17) is 0 Å². The lowest BCUT2D eigenvalue weighted by molar-refractivity contribution is -0.149. The third-order valence-electron chi connectivity index (χ3n) is 5.61. The normalized spacial score (nSPS) is 32.0. The van der Waals surface area contributed by atoms with Crippen LogP contribution in [0, 0.1) is 11.3 Å². The maximum absolute atomic E-state index is 12.4. The maximum atomic E-state index is 12.4. The average Bonchev–Trinajstić information content (AvgIpc) is 3.02. The van der Waals surface area contributed by atoms with Gasteiger partial charge in [-0.2, -0.15) is 0 Å². The fourth-order valence-electron chi connectivity index (χ4n) is 4.23. The molecule has 1 N–H and O–H groups in total. The van der Waals surface area contributed by atoms with Gasteiger partial charge in [-0.05, 0) is 19.3 Å². The molecule has 136 valence electrons. The molecule has 3 heterocycles. The number of hydrogen-bond acceptors (Lipinski definition) is 5. The van der Waals surface area contributed by atoms with Crippen LogP contribution in [0.5, 0.6) is 0 Å². The van der Waals surface area contributed by atoms with Crippen molar-refractivity contribution in [1.29, 1.82) is 0 Å². The van der Waals surface area contributed by atoms with Crippen molar-refractivity contribution in [2.75, 3.05) is 52.1 Å². The summed E-state index contributed by atoms with van der Waals surface area (Å²) in [6.07, 6.45) is 4.31. The maximum Gasteiger partial charge on any atom is 0.312 e. The van der Waals surface area contributed by atoms with E-state index in [-0.39, 0.29) is 38.0 Å². The Hall–Kier alpha value is -1.19. The van der Waals surface area contributed by atoms with Crippen LogP contribution < -0.4 is 0 Å². The molecule has 2 atom stereocenters. The molecule has 0 unspecified atom stereocenters. The average molecular weight is 359 g/mol. The van der Waals surface area contributed by atoms with Crippen molar-refractivity contribution in [1.82, 2.24) is 14.1 Å². The molecule has 0 aliphatic carbocycles. The quantitative estimate of drug-likeness (QED) is 0.711. The van der Waals surface area contributed by atoms with Gasteiger partial charge in [0.05, 0.1) is 18.2 Å². The highest BCUT2D eigenvalue weighted by Gasteiger charge is 2.59. The highest BCUT2D eigenvalue weighted by atomic mass is 32.2. The number of fused-ring (bicyclic) bond motifs is 1. The first-order valence-corrected chi connectivity index (χ1v) is 10.3. The zero-order chi connectivity index (χ0) is 17.5. The number of carboxylic acid groups (broad SMARTS) is 1. The highest BCUT2D eigenvalue weighted by molar-refractivity contribution is 7.88. The van der Waals surface area contributed by atoms with Gasteiger partial charge < -0.3 is 10.0 Å². The fraction of sp³-hybridized carbons (Fsp3) is 0.867. The second-order valence-electron chi connectivity index (χ2n) is 7.32. The number of nitrogens with zero attached hydrogens (tertiary/aromatic N) is 3. The van der Waals surface area contributed by atoms with Crippen LogP contribution >= 0.6 is 0 Å². The Kier molecular flexibility index (Phi) is 4.61. The van der Waals surface area contributed by atoms with Crippen molar-refractivity contribution >= 4 is 21.9 Å². The minimum atomic E-state index is -3.40. The van der Waals surface area contributed by atoms with E-state index in [0.717, 1.165) is 38.6 Å². The second kappa shape index (κ2) is 6.27. The summed E-state index contributed by atoms with van der Waals surface area (Å²) in [6.45, 7) is 2.70. The number of rotatable bonds is 4. The molecular weight excluding hydrogens is 334 g/mol. The van der Waals surface area contributed by atoms with Crippen molar-refractivity contribution in [2.45, 2.75) is 19.3 Å². The lowest BCUT2D eigenvalue weighted by Crippen LogP contribution is -2.45. The third kappa shape index (κ3) is 3.16. The van der Waals surface area contributed by atoms with Crippen molar-refractivity contribution in [3.63, 3.8) is 0 Å². The van der Waals surface area contributed by atoms with Gasteiger partial charge in [0.15, 0.2) is 0 Å². The molecule has 0 aromatic carbocycles. The van der Waals surface area contributed by atoms with Crippen LogP contribution in [-0.2, 0) is 19.6 Å². The molecule has 3 fully saturated rings. The zero-order valence-corrected chi connectivity index (χ0v) is 14.8. The van der Waals surface area contributed by atoms with E-state index in [9.17, 15) is 23.1 Å². The smallest absolute Gasteiger partial charge is 0.312 e. The van der Waals surface area contributed by atoms with Gasteiger partial charge in [0, 0.05) is 45.2 Å². The first kappa shape index (κ1) is 17.6. The van der Waals surface area contributed by atoms with Gasteiger partial charge in [-0.25, -0.2) is 12.7 Å². The van der Waals surface area contributed by atoms with Crippen LogP contribution in [0.4, 0.5) is 0 Å². The molecule has 3 saturated heterocycles. The molecule has 8 nitrogen and oxygen atoms in total. The summed E-state index contributed by atoms with van der Waals surface area (Å²) in [4.78, 5) is 28.0. The van der Waals surface area contributed by atoms with Crippen molar-refractivity contribution in [3.05, 3.63) is 0 Å². The Bertz CT molecular complexity index is 631. The van der Waals surface area contributed by atoms with Crippen LogP contribution in [0.1, 0.15) is 19.3 Å². The summed E-state index contributed by atoms with van der Waals surface area (Å²) in [5.74, 6) is -1.18. The molecule has 0 spiro atoms. The van der Waals surface area contributed by atoms with Crippen LogP contribution in [0.2, 0.25) is 0 Å². The first-order valence-electron chi connectivity index (χ1n) is 8.41. The molecule has 3 rings (SSSR count). The number of aliphatic carboxylic acids is 1. The number of sulfonamides is 1. The Balaban J connectivity index is 1.67. The van der Waals surface area contributed by atoms with E-state index < -0.39 is 21.4 Å². The van der Waals surface area contributed by atoms with Gasteiger partial charge >= 0.3 is 5.97 Å².